The van der Waals surface area contributed by atoms with Gasteiger partial charge in [0.1, 0.15) is 12.7 Å². The Bertz CT molecular complexity index is 827. The van der Waals surface area contributed by atoms with Crippen LogP contribution in [0.5, 0.6) is 0 Å². The summed E-state index contributed by atoms with van der Waals surface area (Å²) < 4.78 is 6.89. The fourth-order valence-electron chi connectivity index (χ4n) is 2.37. The number of nitrogens with one attached hydrogen (secondary N) is 1. The molecule has 0 atom stereocenters. The summed E-state index contributed by atoms with van der Waals surface area (Å²) in [6.45, 7) is 1.00. The molecular weight excluding hydrogens is 316 g/mol. The Balaban J connectivity index is 1.63. The van der Waals surface area contributed by atoms with Crippen molar-refractivity contribution in [1.82, 2.24) is 14.8 Å². The van der Waals surface area contributed by atoms with Crippen molar-refractivity contribution < 1.29 is 4.74 Å². The van der Waals surface area contributed by atoms with Gasteiger partial charge >= 0.3 is 0 Å². The molecule has 1 aromatic heterocycles. The summed E-state index contributed by atoms with van der Waals surface area (Å²) >= 11 is 0. The molecule has 0 saturated heterocycles. The number of methoxy groups -OCH3 is 1. The Hall–Kier alpha value is -3.19. The number of hydrogen-bond donors (Lipinski definition) is 2. The molecule has 3 aromatic rings. The van der Waals surface area contributed by atoms with E-state index in [1.165, 1.54) is 6.33 Å². The Labute approximate surface area is 146 Å². The normalized spacial score (nSPS) is 11.5. The number of rotatable bonds is 6. The lowest BCUT2D eigenvalue weighted by Gasteiger charge is -2.11. The smallest absolute Gasteiger partial charge is 0.193 e. The fourth-order valence-corrected chi connectivity index (χ4v) is 2.37. The summed E-state index contributed by atoms with van der Waals surface area (Å²) in [6.07, 6.45) is 3.17. The van der Waals surface area contributed by atoms with Gasteiger partial charge in [-0.2, -0.15) is 5.10 Å². The third kappa shape index (κ3) is 4.42. The van der Waals surface area contributed by atoms with E-state index in [0.717, 1.165) is 22.5 Å². The van der Waals surface area contributed by atoms with Gasteiger partial charge in [0.15, 0.2) is 5.96 Å². The number of anilines is 1. The van der Waals surface area contributed by atoms with Crippen LogP contribution in [0.1, 0.15) is 11.1 Å². The highest BCUT2D eigenvalue weighted by atomic mass is 16.5. The van der Waals surface area contributed by atoms with Crippen molar-refractivity contribution in [1.29, 1.82) is 0 Å². The maximum absolute atomic E-state index is 6.00. The molecule has 7 heteroatoms. The van der Waals surface area contributed by atoms with Gasteiger partial charge in [0, 0.05) is 18.4 Å². The van der Waals surface area contributed by atoms with Crippen LogP contribution < -0.4 is 11.1 Å². The van der Waals surface area contributed by atoms with Crippen LogP contribution in [-0.2, 0) is 17.9 Å². The minimum absolute atomic E-state index is 0.365. The number of benzene rings is 2. The molecule has 0 aliphatic rings. The molecule has 3 rings (SSSR count). The summed E-state index contributed by atoms with van der Waals surface area (Å²) in [7, 11) is 1.66. The maximum atomic E-state index is 6.00. The number of nitrogens with two attached hydrogens (primary N) is 1. The van der Waals surface area contributed by atoms with Crippen molar-refractivity contribution in [3.63, 3.8) is 0 Å². The van der Waals surface area contributed by atoms with Gasteiger partial charge in [-0.3, -0.25) is 0 Å². The van der Waals surface area contributed by atoms with Crippen LogP contribution >= 0.6 is 0 Å². The second kappa shape index (κ2) is 8.07. The predicted octanol–water partition coefficient (Wildman–Crippen LogP) is 2.34. The fraction of sp³-hybridized carbons (Fsp3) is 0.167. The zero-order valence-electron chi connectivity index (χ0n) is 14.0. The van der Waals surface area contributed by atoms with Crippen molar-refractivity contribution in [2.75, 3.05) is 12.4 Å². The number of aromatic nitrogens is 3. The van der Waals surface area contributed by atoms with E-state index in [1.807, 2.05) is 48.5 Å². The molecule has 0 bridgehead atoms. The van der Waals surface area contributed by atoms with Crippen LogP contribution in [0, 0.1) is 0 Å². The van der Waals surface area contributed by atoms with Crippen molar-refractivity contribution in [3.8, 4) is 5.69 Å². The number of para-hydroxylation sites is 1. The Morgan fingerprint density at radius 2 is 2.00 bits per heavy atom. The van der Waals surface area contributed by atoms with Crippen LogP contribution in [-0.4, -0.2) is 27.8 Å². The molecule has 128 valence electrons. The highest BCUT2D eigenvalue weighted by Gasteiger charge is 2.03. The van der Waals surface area contributed by atoms with E-state index < -0.39 is 0 Å². The molecule has 0 radical (unpaired) electrons. The average molecular weight is 336 g/mol. The second-order valence-corrected chi connectivity index (χ2v) is 5.42. The molecule has 0 spiro atoms. The lowest BCUT2D eigenvalue weighted by atomic mass is 10.2. The molecule has 0 aliphatic carbocycles. The molecule has 0 unspecified atom stereocenters. The van der Waals surface area contributed by atoms with E-state index >= 15 is 0 Å². The van der Waals surface area contributed by atoms with Crippen LogP contribution in [0.2, 0.25) is 0 Å². The van der Waals surface area contributed by atoms with E-state index in [0.29, 0.717) is 19.1 Å². The summed E-state index contributed by atoms with van der Waals surface area (Å²) in [5, 5.41) is 7.22. The standard InChI is InChI=1S/C18H20N6O/c1-25-11-15-4-2-3-5-17(15)23-18(19)21-10-14-6-8-16(9-7-14)24-13-20-12-22-24/h2-9,12-13H,10-11H2,1H3,(H3,19,21,23). The first-order valence-corrected chi connectivity index (χ1v) is 7.84. The molecule has 1 heterocycles. The van der Waals surface area contributed by atoms with Gasteiger partial charge in [-0.15, -0.1) is 0 Å². The largest absolute Gasteiger partial charge is 0.380 e. The van der Waals surface area contributed by atoms with E-state index in [4.69, 9.17) is 10.5 Å². The lowest BCUT2D eigenvalue weighted by Crippen LogP contribution is -2.23. The number of hydrogen-bond acceptors (Lipinski definition) is 4. The zero-order valence-corrected chi connectivity index (χ0v) is 14.0. The molecule has 0 amide bonds. The van der Waals surface area contributed by atoms with Gasteiger partial charge in [-0.25, -0.2) is 14.7 Å². The molecule has 25 heavy (non-hydrogen) atoms. The van der Waals surface area contributed by atoms with Crippen molar-refractivity contribution in [2.45, 2.75) is 13.2 Å². The van der Waals surface area contributed by atoms with Crippen LogP contribution in [0.4, 0.5) is 5.69 Å². The van der Waals surface area contributed by atoms with E-state index in [9.17, 15) is 0 Å². The number of ether oxygens (including phenoxy) is 1. The predicted molar refractivity (Wildman–Crippen MR) is 97.5 cm³/mol. The van der Waals surface area contributed by atoms with Crippen molar-refractivity contribution in [2.24, 2.45) is 10.7 Å². The lowest BCUT2D eigenvalue weighted by molar-refractivity contribution is 0.185. The Morgan fingerprint density at radius 3 is 2.72 bits per heavy atom. The second-order valence-electron chi connectivity index (χ2n) is 5.42. The topological polar surface area (TPSA) is 90.3 Å². The number of aliphatic imine (C=N–C) groups is 1. The Kier molecular flexibility index (Phi) is 5.38. The summed E-state index contributed by atoms with van der Waals surface area (Å²) in [5.74, 6) is 0.365. The first-order valence-electron chi connectivity index (χ1n) is 7.84. The van der Waals surface area contributed by atoms with Crippen molar-refractivity contribution in [3.05, 3.63) is 72.3 Å². The third-order valence-corrected chi connectivity index (χ3v) is 3.63. The van der Waals surface area contributed by atoms with Gasteiger partial charge in [0.05, 0.1) is 18.8 Å². The van der Waals surface area contributed by atoms with E-state index in [-0.39, 0.29) is 0 Å². The molecule has 0 aliphatic heterocycles. The average Bonchev–Trinajstić information content (AvgIpc) is 3.17. The molecule has 7 nitrogen and oxygen atoms in total. The molecule has 3 N–H and O–H groups in total. The number of nitrogens with zero attached hydrogens (tertiary/aromatic N) is 4. The monoisotopic (exact) mass is 336 g/mol. The minimum atomic E-state index is 0.365. The highest BCUT2D eigenvalue weighted by Crippen LogP contribution is 2.15. The molecular formula is C18H20N6O. The van der Waals surface area contributed by atoms with Crippen LogP contribution in [0.15, 0.2) is 66.2 Å². The molecule has 0 saturated carbocycles. The third-order valence-electron chi connectivity index (χ3n) is 3.63. The van der Waals surface area contributed by atoms with Crippen LogP contribution in [0.25, 0.3) is 5.69 Å². The quantitative estimate of drug-likeness (QED) is 0.533. The van der Waals surface area contributed by atoms with Gasteiger partial charge in [0.2, 0.25) is 0 Å². The SMILES string of the molecule is COCc1ccccc1NC(N)=NCc1ccc(-n2cncn2)cc1. The van der Waals surface area contributed by atoms with Gasteiger partial charge in [-0.05, 0) is 23.8 Å². The Morgan fingerprint density at radius 1 is 1.20 bits per heavy atom. The first-order chi connectivity index (χ1) is 12.3. The van der Waals surface area contributed by atoms with Crippen LogP contribution in [0.3, 0.4) is 0 Å². The number of guanidine groups is 1. The van der Waals surface area contributed by atoms with Crippen molar-refractivity contribution >= 4 is 11.6 Å². The van der Waals surface area contributed by atoms with E-state index in [1.54, 1.807) is 18.1 Å². The first kappa shape index (κ1) is 16.7. The minimum Gasteiger partial charge on any atom is -0.380 e. The zero-order chi connectivity index (χ0) is 17.5. The summed E-state index contributed by atoms with van der Waals surface area (Å²) in [6, 6.07) is 15.8. The molecule has 0 fully saturated rings. The molecule has 2 aromatic carbocycles. The van der Waals surface area contributed by atoms with E-state index in [2.05, 4.69) is 20.4 Å². The van der Waals surface area contributed by atoms with Gasteiger partial charge < -0.3 is 15.8 Å². The van der Waals surface area contributed by atoms with Gasteiger partial charge in [-0.1, -0.05) is 30.3 Å². The maximum Gasteiger partial charge on any atom is 0.193 e. The summed E-state index contributed by atoms with van der Waals surface area (Å²) in [5.41, 5.74) is 9.93. The summed E-state index contributed by atoms with van der Waals surface area (Å²) in [4.78, 5) is 8.33. The van der Waals surface area contributed by atoms with Gasteiger partial charge in [0.25, 0.3) is 0 Å². The highest BCUT2D eigenvalue weighted by molar-refractivity contribution is 5.92.